The van der Waals surface area contributed by atoms with Crippen molar-refractivity contribution < 1.29 is 29.4 Å². The normalized spacial score (nSPS) is 11.2. The van der Waals surface area contributed by atoms with Gasteiger partial charge in [-0.2, -0.15) is 70.8 Å². The third-order valence-electron chi connectivity index (χ3n) is 10.9. The van der Waals surface area contributed by atoms with Crippen LogP contribution in [0.5, 0.6) is 0 Å². The van der Waals surface area contributed by atoms with Gasteiger partial charge in [-0.15, -0.1) is 23.6 Å². The SMILES string of the molecule is Cc1[c-]cc(C(C)(C)Cc2cc(CC(C)(C)c3c[c-]c(C)cc3)cc(-c3ccccc3-c3c[c-]c4c(c3)c3ccccc3c3cccnc43)c2)cc1.[C-]#[O+].[C-]#[O+].[Ir+3]. The van der Waals surface area contributed by atoms with E-state index in [1.807, 2.05) is 12.3 Å². The molecule has 0 fully saturated rings. The second kappa shape index (κ2) is 18.2. The minimum absolute atomic E-state index is 0. The van der Waals surface area contributed by atoms with Crippen molar-refractivity contribution in [3.8, 4) is 22.3 Å². The topological polar surface area (TPSA) is 52.7 Å². The van der Waals surface area contributed by atoms with Crippen molar-refractivity contribution in [1.82, 2.24) is 4.98 Å². The van der Waals surface area contributed by atoms with Gasteiger partial charge < -0.3 is 4.98 Å². The number of fused-ring (bicyclic) bond motifs is 6. The summed E-state index contributed by atoms with van der Waals surface area (Å²) in [7, 11) is 0. The van der Waals surface area contributed by atoms with Gasteiger partial charge in [0.15, 0.2) is 0 Å². The molecule has 0 amide bonds. The molecule has 8 rings (SSSR count). The average Bonchev–Trinajstić information content (AvgIpc) is 3.22. The van der Waals surface area contributed by atoms with Gasteiger partial charge in [0.25, 0.3) is 0 Å². The van der Waals surface area contributed by atoms with Crippen LogP contribution in [0.25, 0.3) is 54.7 Å². The predicted molar refractivity (Wildman–Crippen MR) is 228 cm³/mol. The summed E-state index contributed by atoms with van der Waals surface area (Å²) in [5.74, 6) is 0. The summed E-state index contributed by atoms with van der Waals surface area (Å²) in [6, 6.07) is 57.3. The summed E-state index contributed by atoms with van der Waals surface area (Å²) in [4.78, 5) is 4.82. The monoisotopic (exact) mass is 919 g/mol. The summed E-state index contributed by atoms with van der Waals surface area (Å²) < 4.78 is 15.0. The van der Waals surface area contributed by atoms with E-state index in [1.54, 1.807) is 0 Å². The Labute approximate surface area is 351 Å². The number of aryl methyl sites for hydroxylation is 2. The number of pyridine rings is 1. The van der Waals surface area contributed by atoms with Crippen LogP contribution < -0.4 is 0 Å². The molecule has 0 saturated heterocycles. The Morgan fingerprint density at radius 3 is 1.54 bits per heavy atom. The molecule has 0 aliphatic rings. The zero-order chi connectivity index (χ0) is 40.0. The Morgan fingerprint density at radius 2 is 1.02 bits per heavy atom. The standard InChI is InChI=1S/C51H44N.2CO.Ir/c1-34-17-22-40(23-18-34)50(3,4)32-36-28-37(33-51(5,6)41-24-19-35(2)20-25-41)30-39(29-36)43-13-8-7-12-42(43)38-21-26-47-48(31-38)45-15-10-9-14-44(45)46-16-11-27-52-49(46)47;2*1-2;/h7-17,19,21-25,27-31H,32-33H2,1-6H3;;;/q-3;;;+3. The molecular formula is C53H44IrNO2. The second-order valence-corrected chi connectivity index (χ2v) is 15.8. The zero-order valence-corrected chi connectivity index (χ0v) is 35.6. The summed E-state index contributed by atoms with van der Waals surface area (Å²) in [6.45, 7) is 22.6. The van der Waals surface area contributed by atoms with Crippen LogP contribution >= 0.6 is 0 Å². The number of rotatable bonds is 8. The van der Waals surface area contributed by atoms with E-state index in [4.69, 9.17) is 14.3 Å². The van der Waals surface area contributed by atoms with E-state index in [0.717, 1.165) is 34.7 Å². The first-order chi connectivity index (χ1) is 27.1. The molecule has 0 bridgehead atoms. The third kappa shape index (κ3) is 9.10. The molecule has 1 aromatic heterocycles. The van der Waals surface area contributed by atoms with Gasteiger partial charge in [0.05, 0.1) is 0 Å². The van der Waals surface area contributed by atoms with Crippen molar-refractivity contribution in [2.75, 3.05) is 0 Å². The van der Waals surface area contributed by atoms with Gasteiger partial charge in [0.2, 0.25) is 0 Å². The maximum Gasteiger partial charge on any atom is 3.00 e. The van der Waals surface area contributed by atoms with Gasteiger partial charge in [-0.3, -0.25) is 0 Å². The summed E-state index contributed by atoms with van der Waals surface area (Å²) in [6.07, 6.45) is 3.72. The van der Waals surface area contributed by atoms with Gasteiger partial charge in [-0.1, -0.05) is 147 Å². The minimum atomic E-state index is -0.0633. The van der Waals surface area contributed by atoms with E-state index in [2.05, 4.69) is 194 Å². The summed E-state index contributed by atoms with van der Waals surface area (Å²) in [5, 5.41) is 5.85. The average molecular weight is 919 g/mol. The van der Waals surface area contributed by atoms with Crippen LogP contribution in [0.15, 0.2) is 134 Å². The first kappa shape index (κ1) is 42.7. The van der Waals surface area contributed by atoms with Crippen molar-refractivity contribution in [2.24, 2.45) is 0 Å². The van der Waals surface area contributed by atoms with E-state index < -0.39 is 0 Å². The molecule has 8 aromatic rings. The van der Waals surface area contributed by atoms with Crippen LogP contribution in [-0.4, -0.2) is 4.98 Å². The molecule has 0 N–H and O–H groups in total. The van der Waals surface area contributed by atoms with Crippen LogP contribution in [0.3, 0.4) is 0 Å². The Hall–Kier alpha value is -5.40. The number of hydrogen-bond acceptors (Lipinski definition) is 1. The molecule has 0 saturated carbocycles. The number of aromatic nitrogens is 1. The van der Waals surface area contributed by atoms with Gasteiger partial charge in [-0.05, 0) is 57.5 Å². The van der Waals surface area contributed by atoms with Crippen LogP contribution in [0, 0.1) is 45.3 Å². The molecule has 0 radical (unpaired) electrons. The van der Waals surface area contributed by atoms with Gasteiger partial charge in [-0.25, -0.2) is 0 Å². The molecule has 0 unspecified atom stereocenters. The van der Waals surface area contributed by atoms with Crippen LogP contribution in [0.1, 0.15) is 61.1 Å². The van der Waals surface area contributed by atoms with Crippen LogP contribution in [0.4, 0.5) is 0 Å². The minimum Gasteiger partial charge on any atom is 3.00 e. The van der Waals surface area contributed by atoms with Crippen molar-refractivity contribution in [3.63, 3.8) is 0 Å². The van der Waals surface area contributed by atoms with Gasteiger partial charge in [0.1, 0.15) is 0 Å². The molecule has 0 aliphatic heterocycles. The third-order valence-corrected chi connectivity index (χ3v) is 10.9. The molecule has 282 valence electrons. The second-order valence-electron chi connectivity index (χ2n) is 15.8. The van der Waals surface area contributed by atoms with E-state index in [0.29, 0.717) is 0 Å². The molecule has 0 aliphatic carbocycles. The molecule has 4 heteroatoms. The fourth-order valence-corrected chi connectivity index (χ4v) is 8.02. The fourth-order valence-electron chi connectivity index (χ4n) is 8.02. The zero-order valence-electron chi connectivity index (χ0n) is 33.2. The Balaban J connectivity index is 0.00000120. The van der Waals surface area contributed by atoms with Crippen molar-refractivity contribution in [1.29, 1.82) is 0 Å². The Kier molecular flexibility index (Phi) is 13.7. The Morgan fingerprint density at radius 1 is 0.526 bits per heavy atom. The summed E-state index contributed by atoms with van der Waals surface area (Å²) in [5.41, 5.74) is 13.3. The quantitative estimate of drug-likeness (QED) is 0.0851. The Bertz CT molecular complexity index is 2570. The molecule has 0 spiro atoms. The van der Waals surface area contributed by atoms with Gasteiger partial charge in [0, 0.05) is 6.20 Å². The molecule has 1 heterocycles. The fraction of sp³-hybridized carbons (Fsp3) is 0.189. The molecular weight excluding hydrogens is 875 g/mol. The molecule has 3 nitrogen and oxygen atoms in total. The first-order valence-corrected chi connectivity index (χ1v) is 18.8. The van der Waals surface area contributed by atoms with Crippen LogP contribution in [-0.2, 0) is 53.1 Å². The van der Waals surface area contributed by atoms with E-state index in [-0.39, 0.29) is 30.9 Å². The first-order valence-electron chi connectivity index (χ1n) is 18.8. The maximum absolute atomic E-state index is 7.50. The number of hydrogen-bond donors (Lipinski definition) is 0. The van der Waals surface area contributed by atoms with Crippen LogP contribution in [0.2, 0.25) is 0 Å². The van der Waals surface area contributed by atoms with Crippen molar-refractivity contribution in [2.45, 2.75) is 65.2 Å². The summed E-state index contributed by atoms with van der Waals surface area (Å²) >= 11 is 0. The largest absolute Gasteiger partial charge is 3.00 e. The van der Waals surface area contributed by atoms with E-state index >= 15 is 0 Å². The van der Waals surface area contributed by atoms with Gasteiger partial charge >= 0.3 is 42.7 Å². The predicted octanol–water partition coefficient (Wildman–Crippen LogP) is 12.9. The number of benzene rings is 7. The van der Waals surface area contributed by atoms with E-state index in [1.165, 1.54) is 66.2 Å². The molecule has 0 atom stereocenters. The van der Waals surface area contributed by atoms with E-state index in [9.17, 15) is 0 Å². The molecule has 7 aromatic carbocycles. The smallest absolute Gasteiger partial charge is 3.00 e. The van der Waals surface area contributed by atoms with Crippen molar-refractivity contribution in [3.05, 3.63) is 198 Å². The number of nitrogens with zero attached hydrogens (tertiary/aromatic N) is 1. The van der Waals surface area contributed by atoms with Crippen molar-refractivity contribution >= 4 is 32.4 Å². The molecule has 57 heavy (non-hydrogen) atoms. The maximum atomic E-state index is 7.50.